The van der Waals surface area contributed by atoms with Crippen molar-refractivity contribution < 1.29 is 19.2 Å². The summed E-state index contributed by atoms with van der Waals surface area (Å²) in [6.45, 7) is 0.382. The lowest BCUT2D eigenvalue weighted by Gasteiger charge is -2.14. The average Bonchev–Trinajstić information content (AvgIpc) is 2.85. The number of halogens is 1. The second-order valence-electron chi connectivity index (χ2n) is 7.09. The molecule has 3 aromatic carbocycles. The van der Waals surface area contributed by atoms with Gasteiger partial charge in [0, 0.05) is 18.7 Å². The number of nitrogens with one attached hydrogen (secondary N) is 1. The fourth-order valence-electron chi connectivity index (χ4n) is 3.07. The molecule has 0 atom stereocenters. The van der Waals surface area contributed by atoms with Crippen LogP contribution in [0.4, 0.5) is 5.69 Å². The highest BCUT2D eigenvalue weighted by Gasteiger charge is 2.15. The number of ether oxygens (including phenoxy) is 2. The molecule has 0 aromatic heterocycles. The molecule has 0 saturated carbocycles. The van der Waals surface area contributed by atoms with Crippen molar-refractivity contribution in [2.24, 2.45) is 0 Å². The fourth-order valence-corrected chi connectivity index (χ4v) is 3.64. The predicted octanol–water partition coefficient (Wildman–Crippen LogP) is 5.17. The van der Waals surface area contributed by atoms with Gasteiger partial charge < -0.3 is 14.8 Å². The molecule has 9 heteroatoms. The number of nitro groups is 1. The van der Waals surface area contributed by atoms with Crippen molar-refractivity contribution in [3.8, 4) is 17.6 Å². The highest BCUT2D eigenvalue weighted by Crippen LogP contribution is 2.38. The molecule has 8 nitrogen and oxygen atoms in total. The molecule has 0 heterocycles. The Kier molecular flexibility index (Phi) is 8.37. The second-order valence-corrected chi connectivity index (χ2v) is 7.94. The summed E-state index contributed by atoms with van der Waals surface area (Å²) in [5.41, 5.74) is 2.01. The molecule has 0 bridgehead atoms. The smallest absolute Gasteiger partial charge is 0.269 e. The molecule has 0 saturated heterocycles. The molecular formula is C25H20BrN3O5. The van der Waals surface area contributed by atoms with Gasteiger partial charge in [0.2, 0.25) is 0 Å². The van der Waals surface area contributed by atoms with Crippen LogP contribution in [0.3, 0.4) is 0 Å². The Morgan fingerprint density at radius 2 is 1.88 bits per heavy atom. The molecule has 0 unspecified atom stereocenters. The minimum atomic E-state index is -0.493. The van der Waals surface area contributed by atoms with E-state index in [9.17, 15) is 20.2 Å². The lowest BCUT2D eigenvalue weighted by molar-refractivity contribution is -0.384. The summed E-state index contributed by atoms with van der Waals surface area (Å²) in [5.74, 6) is 0.263. The number of nitrogens with zero attached hydrogens (tertiary/aromatic N) is 2. The molecule has 172 valence electrons. The zero-order valence-corrected chi connectivity index (χ0v) is 19.7. The first-order chi connectivity index (χ1) is 16.4. The molecule has 0 radical (unpaired) electrons. The van der Waals surface area contributed by atoms with Gasteiger partial charge in [-0.1, -0.05) is 42.5 Å². The number of benzene rings is 3. The third-order valence-corrected chi connectivity index (χ3v) is 5.32. The van der Waals surface area contributed by atoms with Crippen molar-refractivity contribution in [3.63, 3.8) is 0 Å². The fraction of sp³-hybridized carbons (Fsp3) is 0.120. The highest BCUT2D eigenvalue weighted by atomic mass is 79.9. The van der Waals surface area contributed by atoms with Crippen LogP contribution in [0.5, 0.6) is 11.5 Å². The van der Waals surface area contributed by atoms with E-state index in [-0.39, 0.29) is 17.9 Å². The summed E-state index contributed by atoms with van der Waals surface area (Å²) >= 11 is 3.43. The summed E-state index contributed by atoms with van der Waals surface area (Å²) < 4.78 is 11.8. The third-order valence-electron chi connectivity index (χ3n) is 4.73. The number of hydrogen-bond donors (Lipinski definition) is 1. The molecule has 34 heavy (non-hydrogen) atoms. The van der Waals surface area contributed by atoms with Gasteiger partial charge in [-0.05, 0) is 50.8 Å². The van der Waals surface area contributed by atoms with Gasteiger partial charge in [-0.25, -0.2) is 0 Å². The number of rotatable bonds is 9. The van der Waals surface area contributed by atoms with Crippen molar-refractivity contribution in [3.05, 3.63) is 104 Å². The molecule has 0 aliphatic rings. The van der Waals surface area contributed by atoms with Crippen molar-refractivity contribution in [1.82, 2.24) is 5.32 Å². The number of non-ortho nitro benzene ring substituents is 1. The third kappa shape index (κ3) is 6.43. The molecule has 3 aromatic rings. The zero-order chi connectivity index (χ0) is 24.5. The van der Waals surface area contributed by atoms with E-state index in [2.05, 4.69) is 21.2 Å². The summed E-state index contributed by atoms with van der Waals surface area (Å²) in [5, 5.41) is 23.2. The largest absolute Gasteiger partial charge is 0.493 e. The lowest BCUT2D eigenvalue weighted by atomic mass is 10.1. The zero-order valence-electron chi connectivity index (χ0n) is 18.2. The number of methoxy groups -OCH3 is 1. The van der Waals surface area contributed by atoms with E-state index in [1.54, 1.807) is 24.3 Å². The van der Waals surface area contributed by atoms with E-state index in [0.29, 0.717) is 33.6 Å². The number of nitro benzene ring substituents is 1. The Hall–Kier alpha value is -4.16. The van der Waals surface area contributed by atoms with Crippen molar-refractivity contribution in [2.45, 2.75) is 13.2 Å². The first kappa shape index (κ1) is 24.5. The maximum Gasteiger partial charge on any atom is 0.269 e. The summed E-state index contributed by atoms with van der Waals surface area (Å²) in [7, 11) is 1.47. The van der Waals surface area contributed by atoms with E-state index in [4.69, 9.17) is 9.47 Å². The molecule has 1 amide bonds. The standard InChI is InChI=1S/C25H20BrN3O5/c1-33-23-13-19(10-20(14-27)25(30)28-15-17-6-3-2-4-7-17)12-22(26)24(23)34-16-18-8-5-9-21(11-18)29(31)32/h2-13H,15-16H2,1H3,(H,28,30)/b20-10-. The SMILES string of the molecule is COc1cc(/C=C(/C#N)C(=O)NCc2ccccc2)cc(Br)c1OCc1cccc([N+](=O)[O-])c1. The first-order valence-electron chi connectivity index (χ1n) is 10.1. The van der Waals surface area contributed by atoms with Crippen LogP contribution in [0.1, 0.15) is 16.7 Å². The van der Waals surface area contributed by atoms with Crippen LogP contribution in [0.2, 0.25) is 0 Å². The molecule has 0 spiro atoms. The van der Waals surface area contributed by atoms with Gasteiger partial charge in [-0.2, -0.15) is 5.26 Å². The Balaban J connectivity index is 1.76. The van der Waals surface area contributed by atoms with E-state index in [1.807, 2.05) is 36.4 Å². The van der Waals surface area contributed by atoms with Crippen LogP contribution in [-0.4, -0.2) is 17.9 Å². The summed E-state index contributed by atoms with van der Waals surface area (Å²) in [6, 6.07) is 20.8. The van der Waals surface area contributed by atoms with Gasteiger partial charge in [-0.3, -0.25) is 14.9 Å². The molecule has 3 rings (SSSR count). The van der Waals surface area contributed by atoms with Crippen LogP contribution < -0.4 is 14.8 Å². The van der Waals surface area contributed by atoms with Gasteiger partial charge in [0.25, 0.3) is 11.6 Å². The number of carbonyl (C=O) groups excluding carboxylic acids is 1. The normalized spacial score (nSPS) is 10.8. The maximum absolute atomic E-state index is 12.5. The quantitative estimate of drug-likeness (QED) is 0.180. The minimum Gasteiger partial charge on any atom is -0.493 e. The van der Waals surface area contributed by atoms with Gasteiger partial charge in [0.1, 0.15) is 18.2 Å². The molecule has 0 aliphatic heterocycles. The van der Waals surface area contributed by atoms with Crippen LogP contribution >= 0.6 is 15.9 Å². The first-order valence-corrected chi connectivity index (χ1v) is 10.9. The maximum atomic E-state index is 12.5. The number of nitriles is 1. The summed E-state index contributed by atoms with van der Waals surface area (Å²) in [4.78, 5) is 23.0. The van der Waals surface area contributed by atoms with Gasteiger partial charge >= 0.3 is 0 Å². The van der Waals surface area contributed by atoms with Crippen LogP contribution in [0.25, 0.3) is 6.08 Å². The van der Waals surface area contributed by atoms with E-state index >= 15 is 0 Å². The van der Waals surface area contributed by atoms with Crippen molar-refractivity contribution in [2.75, 3.05) is 7.11 Å². The Bertz CT molecular complexity index is 1270. The van der Waals surface area contributed by atoms with Gasteiger partial charge in [0.15, 0.2) is 11.5 Å². The number of carbonyl (C=O) groups is 1. The topological polar surface area (TPSA) is 114 Å². The second kappa shape index (κ2) is 11.6. The summed E-state index contributed by atoms with van der Waals surface area (Å²) in [6.07, 6.45) is 1.46. The minimum absolute atomic E-state index is 0.0258. The van der Waals surface area contributed by atoms with Crippen LogP contribution in [-0.2, 0) is 17.9 Å². The Morgan fingerprint density at radius 1 is 1.15 bits per heavy atom. The Morgan fingerprint density at radius 3 is 2.56 bits per heavy atom. The van der Waals surface area contributed by atoms with E-state index in [0.717, 1.165) is 5.56 Å². The van der Waals surface area contributed by atoms with E-state index < -0.39 is 10.8 Å². The van der Waals surface area contributed by atoms with Gasteiger partial charge in [0.05, 0.1) is 16.5 Å². The van der Waals surface area contributed by atoms with Crippen molar-refractivity contribution >= 4 is 33.6 Å². The number of amides is 1. The van der Waals surface area contributed by atoms with Gasteiger partial charge in [-0.15, -0.1) is 0 Å². The van der Waals surface area contributed by atoms with Crippen LogP contribution in [0, 0.1) is 21.4 Å². The molecule has 0 aliphatic carbocycles. The monoisotopic (exact) mass is 521 g/mol. The molecule has 0 fully saturated rings. The predicted molar refractivity (Wildman–Crippen MR) is 130 cm³/mol. The average molecular weight is 522 g/mol. The van der Waals surface area contributed by atoms with Crippen molar-refractivity contribution in [1.29, 1.82) is 5.26 Å². The number of hydrogen-bond acceptors (Lipinski definition) is 6. The highest BCUT2D eigenvalue weighted by molar-refractivity contribution is 9.10. The Labute approximate surface area is 204 Å². The van der Waals surface area contributed by atoms with Crippen LogP contribution in [0.15, 0.2) is 76.8 Å². The molecular weight excluding hydrogens is 502 g/mol. The lowest BCUT2D eigenvalue weighted by Crippen LogP contribution is -2.23. The van der Waals surface area contributed by atoms with E-state index in [1.165, 1.54) is 25.3 Å². The molecule has 1 N–H and O–H groups in total.